The van der Waals surface area contributed by atoms with Gasteiger partial charge in [0.2, 0.25) is 0 Å². The Morgan fingerprint density at radius 3 is 2.94 bits per heavy atom. The van der Waals surface area contributed by atoms with Gasteiger partial charge in [-0.2, -0.15) is 5.21 Å². The molecule has 0 aliphatic heterocycles. The van der Waals surface area contributed by atoms with Crippen LogP contribution < -0.4 is 11.1 Å². The van der Waals surface area contributed by atoms with Crippen molar-refractivity contribution in [2.45, 2.75) is 19.9 Å². The predicted molar refractivity (Wildman–Crippen MR) is 67.3 cm³/mol. The quantitative estimate of drug-likeness (QED) is 0.791. The molecule has 0 aromatic carbocycles. The molecule has 0 amide bonds. The number of tetrazole rings is 1. The number of hydrogen-bond acceptors (Lipinski definition) is 6. The molecule has 0 spiro atoms. The van der Waals surface area contributed by atoms with E-state index in [4.69, 9.17) is 5.73 Å². The van der Waals surface area contributed by atoms with Crippen molar-refractivity contribution < 1.29 is 0 Å². The number of pyridine rings is 1. The van der Waals surface area contributed by atoms with Crippen LogP contribution in [0.1, 0.15) is 24.4 Å². The zero-order valence-corrected chi connectivity index (χ0v) is 11.0. The topological polar surface area (TPSA) is 105 Å². The average Bonchev–Trinajstić information content (AvgIpc) is 2.83. The molecule has 8 heteroatoms. The summed E-state index contributed by atoms with van der Waals surface area (Å²) >= 11 is 3.45. The number of nitrogens with one attached hydrogen (secondary N) is 2. The number of anilines is 2. The summed E-state index contributed by atoms with van der Waals surface area (Å²) in [5.41, 5.74) is 7.35. The molecule has 1 unspecified atom stereocenters. The van der Waals surface area contributed by atoms with Crippen LogP contribution in [0, 0.1) is 6.92 Å². The minimum Gasteiger partial charge on any atom is -0.397 e. The van der Waals surface area contributed by atoms with E-state index >= 15 is 0 Å². The third-order valence-electron chi connectivity index (χ3n) is 2.41. The summed E-state index contributed by atoms with van der Waals surface area (Å²) < 4.78 is 0.841. The Balaban J connectivity index is 2.22. The standard InChI is InChI=1S/C9H12BrN7/c1-4-6(11)3-12-9(7(4)10)13-5(2)8-14-16-17-15-8/h3,5H,11H2,1-2H3,(H,12,13)(H,14,15,16,17). The van der Waals surface area contributed by atoms with Crippen molar-refractivity contribution in [1.82, 2.24) is 25.6 Å². The molecule has 2 rings (SSSR count). The summed E-state index contributed by atoms with van der Waals surface area (Å²) in [5.74, 6) is 1.28. The molecule has 1 atom stereocenters. The summed E-state index contributed by atoms with van der Waals surface area (Å²) in [4.78, 5) is 4.22. The maximum absolute atomic E-state index is 5.75. The van der Waals surface area contributed by atoms with Gasteiger partial charge in [0.1, 0.15) is 5.82 Å². The molecule has 0 aliphatic carbocycles. The van der Waals surface area contributed by atoms with Gasteiger partial charge in [-0.1, -0.05) is 5.21 Å². The lowest BCUT2D eigenvalue weighted by atomic mass is 10.2. The van der Waals surface area contributed by atoms with Crippen molar-refractivity contribution in [2.75, 3.05) is 11.1 Å². The third-order valence-corrected chi connectivity index (χ3v) is 3.38. The van der Waals surface area contributed by atoms with Crippen LogP contribution in [-0.2, 0) is 0 Å². The number of rotatable bonds is 3. The number of nitrogen functional groups attached to an aromatic ring is 1. The van der Waals surface area contributed by atoms with Gasteiger partial charge in [-0.25, -0.2) is 4.98 Å². The van der Waals surface area contributed by atoms with Crippen LogP contribution in [-0.4, -0.2) is 25.6 Å². The van der Waals surface area contributed by atoms with E-state index in [-0.39, 0.29) is 6.04 Å². The van der Waals surface area contributed by atoms with Crippen LogP contribution in [0.2, 0.25) is 0 Å². The first-order chi connectivity index (χ1) is 8.09. The Hall–Kier alpha value is -1.70. The number of halogens is 1. The van der Waals surface area contributed by atoms with Crippen LogP contribution in [0.25, 0.3) is 0 Å². The van der Waals surface area contributed by atoms with Crippen molar-refractivity contribution in [2.24, 2.45) is 0 Å². The molecule has 2 aromatic heterocycles. The molecule has 90 valence electrons. The van der Waals surface area contributed by atoms with Crippen molar-refractivity contribution in [3.8, 4) is 0 Å². The second kappa shape index (κ2) is 4.66. The Morgan fingerprint density at radius 1 is 1.53 bits per heavy atom. The summed E-state index contributed by atoms with van der Waals surface area (Å²) in [5, 5.41) is 16.9. The number of aromatic amines is 1. The minimum absolute atomic E-state index is 0.0967. The van der Waals surface area contributed by atoms with Gasteiger partial charge in [0.25, 0.3) is 0 Å². The van der Waals surface area contributed by atoms with Gasteiger partial charge in [-0.3, -0.25) is 0 Å². The highest BCUT2D eigenvalue weighted by Gasteiger charge is 2.14. The van der Waals surface area contributed by atoms with E-state index in [1.54, 1.807) is 6.20 Å². The van der Waals surface area contributed by atoms with Crippen LogP contribution in [0.15, 0.2) is 10.7 Å². The molecule has 0 saturated heterocycles. The fourth-order valence-corrected chi connectivity index (χ4v) is 1.76. The Bertz CT molecular complexity index is 510. The summed E-state index contributed by atoms with van der Waals surface area (Å²) in [7, 11) is 0. The zero-order chi connectivity index (χ0) is 12.4. The maximum atomic E-state index is 5.75. The first-order valence-corrected chi connectivity index (χ1v) is 5.79. The number of nitrogens with two attached hydrogens (primary N) is 1. The van der Waals surface area contributed by atoms with Crippen molar-refractivity contribution in [1.29, 1.82) is 0 Å². The van der Waals surface area contributed by atoms with E-state index in [2.05, 4.69) is 46.9 Å². The lowest BCUT2D eigenvalue weighted by Gasteiger charge is -2.14. The molecule has 0 fully saturated rings. The zero-order valence-electron chi connectivity index (χ0n) is 9.40. The summed E-state index contributed by atoms with van der Waals surface area (Å²) in [6.07, 6.45) is 1.62. The number of H-pyrrole nitrogens is 1. The summed E-state index contributed by atoms with van der Waals surface area (Å²) in [6, 6.07) is -0.0967. The van der Waals surface area contributed by atoms with Crippen LogP contribution >= 0.6 is 15.9 Å². The smallest absolute Gasteiger partial charge is 0.196 e. The van der Waals surface area contributed by atoms with Gasteiger partial charge in [0.15, 0.2) is 5.82 Å². The minimum atomic E-state index is -0.0967. The van der Waals surface area contributed by atoms with Crippen LogP contribution in [0.5, 0.6) is 0 Å². The first-order valence-electron chi connectivity index (χ1n) is 5.00. The Labute approximate surface area is 106 Å². The molecule has 0 aliphatic rings. The lowest BCUT2D eigenvalue weighted by Crippen LogP contribution is -2.11. The molecule has 17 heavy (non-hydrogen) atoms. The van der Waals surface area contributed by atoms with Crippen molar-refractivity contribution in [3.63, 3.8) is 0 Å². The first kappa shape index (κ1) is 11.8. The van der Waals surface area contributed by atoms with E-state index < -0.39 is 0 Å². The van der Waals surface area contributed by atoms with Crippen LogP contribution in [0.4, 0.5) is 11.5 Å². The highest BCUT2D eigenvalue weighted by molar-refractivity contribution is 9.10. The van der Waals surface area contributed by atoms with Crippen molar-refractivity contribution in [3.05, 3.63) is 22.1 Å². The van der Waals surface area contributed by atoms with Gasteiger partial charge in [0.05, 0.1) is 22.4 Å². The fraction of sp³-hybridized carbons (Fsp3) is 0.333. The largest absolute Gasteiger partial charge is 0.397 e. The Morgan fingerprint density at radius 2 is 2.29 bits per heavy atom. The Kier molecular flexibility index (Phi) is 3.23. The SMILES string of the molecule is Cc1c(N)cnc(NC(C)c2nn[nH]n2)c1Br. The van der Waals surface area contributed by atoms with Crippen LogP contribution in [0.3, 0.4) is 0 Å². The van der Waals surface area contributed by atoms with Crippen molar-refractivity contribution >= 4 is 27.4 Å². The monoisotopic (exact) mass is 297 g/mol. The van der Waals surface area contributed by atoms with Gasteiger partial charge < -0.3 is 11.1 Å². The van der Waals surface area contributed by atoms with E-state index in [0.717, 1.165) is 10.0 Å². The third kappa shape index (κ3) is 2.36. The molecular formula is C9H12BrN7. The number of hydrogen-bond donors (Lipinski definition) is 3. The van der Waals surface area contributed by atoms with Gasteiger partial charge >= 0.3 is 0 Å². The second-order valence-electron chi connectivity index (χ2n) is 3.64. The fourth-order valence-electron chi connectivity index (χ4n) is 1.32. The molecule has 4 N–H and O–H groups in total. The van der Waals surface area contributed by atoms with Gasteiger partial charge in [0, 0.05) is 0 Å². The molecule has 0 radical (unpaired) electrons. The maximum Gasteiger partial charge on any atom is 0.196 e. The number of aromatic nitrogens is 5. The molecule has 0 saturated carbocycles. The summed E-state index contributed by atoms with van der Waals surface area (Å²) in [6.45, 7) is 3.84. The highest BCUT2D eigenvalue weighted by Crippen LogP contribution is 2.29. The van der Waals surface area contributed by atoms with Gasteiger partial charge in [-0.15, -0.1) is 10.2 Å². The van der Waals surface area contributed by atoms with E-state index in [9.17, 15) is 0 Å². The van der Waals surface area contributed by atoms with E-state index in [0.29, 0.717) is 17.3 Å². The van der Waals surface area contributed by atoms with Gasteiger partial charge in [-0.05, 0) is 35.3 Å². The normalized spacial score (nSPS) is 12.4. The molecule has 2 aromatic rings. The average molecular weight is 298 g/mol. The number of nitrogens with zero attached hydrogens (tertiary/aromatic N) is 4. The second-order valence-corrected chi connectivity index (χ2v) is 4.43. The lowest BCUT2D eigenvalue weighted by molar-refractivity contribution is 0.787. The molecule has 2 heterocycles. The van der Waals surface area contributed by atoms with E-state index in [1.807, 2.05) is 13.8 Å². The molecule has 7 nitrogen and oxygen atoms in total. The predicted octanol–water partition coefficient (Wildman–Crippen LogP) is 1.42. The highest BCUT2D eigenvalue weighted by atomic mass is 79.9. The molecule has 0 bridgehead atoms. The molecular weight excluding hydrogens is 286 g/mol. The van der Waals surface area contributed by atoms with E-state index in [1.165, 1.54) is 0 Å².